The Morgan fingerprint density at radius 2 is 2.00 bits per heavy atom. The molecule has 0 unspecified atom stereocenters. The molecule has 2 aromatic rings. The number of carbonyl (C=O) groups excluding carboxylic acids is 1. The Balaban J connectivity index is 1.69. The van der Waals surface area contributed by atoms with E-state index in [0.717, 1.165) is 11.1 Å². The topological polar surface area (TPSA) is 92.0 Å². The number of nitro groups is 1. The summed E-state index contributed by atoms with van der Waals surface area (Å²) in [6.45, 7) is 3.51. The van der Waals surface area contributed by atoms with Gasteiger partial charge in [-0.25, -0.2) is 4.98 Å². The normalized spacial score (nSPS) is 14.4. The molecule has 0 atom stereocenters. The monoisotopic (exact) mass is 459 g/mol. The van der Waals surface area contributed by atoms with Crippen LogP contribution in [0.1, 0.15) is 18.1 Å². The van der Waals surface area contributed by atoms with Crippen LogP contribution in [0.4, 0.5) is 0 Å². The maximum Gasteiger partial charge on any atom is 0.320 e. The van der Waals surface area contributed by atoms with E-state index in [4.69, 9.17) is 16.3 Å². The number of halogens is 1. The van der Waals surface area contributed by atoms with E-state index in [1.807, 2.05) is 48.2 Å². The van der Waals surface area contributed by atoms with Gasteiger partial charge in [-0.15, -0.1) is 0 Å². The summed E-state index contributed by atoms with van der Waals surface area (Å²) in [5.74, 6) is 0.106. The molecule has 0 spiro atoms. The van der Waals surface area contributed by atoms with Gasteiger partial charge in [0.15, 0.2) is 5.82 Å². The van der Waals surface area contributed by atoms with Gasteiger partial charge in [0.1, 0.15) is 11.8 Å². The van der Waals surface area contributed by atoms with Crippen LogP contribution < -0.4 is 0 Å². The van der Waals surface area contributed by atoms with Crippen LogP contribution in [0.5, 0.6) is 0 Å². The van der Waals surface area contributed by atoms with Gasteiger partial charge >= 0.3 is 5.97 Å². The summed E-state index contributed by atoms with van der Waals surface area (Å²) in [6, 6.07) is 12.9. The predicted octanol–water partition coefficient (Wildman–Crippen LogP) is 2.95. The molecule has 0 saturated heterocycles. The first kappa shape index (κ1) is 23.5. The van der Waals surface area contributed by atoms with Gasteiger partial charge in [0, 0.05) is 26.3 Å². The molecule has 1 aromatic carbocycles. The van der Waals surface area contributed by atoms with Crippen molar-refractivity contribution in [3.05, 3.63) is 86.6 Å². The molecule has 2 heterocycles. The van der Waals surface area contributed by atoms with Gasteiger partial charge in [-0.1, -0.05) is 48.0 Å². The number of carbonyl (C=O) groups is 1. The van der Waals surface area contributed by atoms with Crippen molar-refractivity contribution in [2.45, 2.75) is 20.1 Å². The Kier molecular flexibility index (Phi) is 8.02. The van der Waals surface area contributed by atoms with Crippen molar-refractivity contribution in [1.82, 2.24) is 19.7 Å². The second-order valence-corrected chi connectivity index (χ2v) is 7.89. The van der Waals surface area contributed by atoms with Crippen LogP contribution >= 0.6 is 11.6 Å². The molecule has 1 aliphatic rings. The second kappa shape index (κ2) is 10.9. The molecule has 170 valence electrons. The highest BCUT2D eigenvalue weighted by Crippen LogP contribution is 2.23. The third-order valence-electron chi connectivity index (χ3n) is 5.06. The average Bonchev–Trinajstić information content (AvgIpc) is 2.78. The van der Waals surface area contributed by atoms with Crippen molar-refractivity contribution < 1.29 is 14.5 Å². The fourth-order valence-corrected chi connectivity index (χ4v) is 3.72. The number of nitrogens with zero attached hydrogens (tertiary/aromatic N) is 5. The molecule has 10 heteroatoms. The molecule has 3 rings (SSSR count). The molecular weight excluding hydrogens is 434 g/mol. The maximum absolute atomic E-state index is 12.3. The summed E-state index contributed by atoms with van der Waals surface area (Å²) in [5, 5.41) is 12.3. The number of benzene rings is 1. The van der Waals surface area contributed by atoms with E-state index < -0.39 is 5.97 Å². The van der Waals surface area contributed by atoms with E-state index in [1.54, 1.807) is 29.1 Å². The minimum atomic E-state index is -0.423. The van der Waals surface area contributed by atoms with Crippen LogP contribution in [-0.2, 0) is 22.7 Å². The molecule has 1 aliphatic heterocycles. The van der Waals surface area contributed by atoms with Crippen molar-refractivity contribution in [2.75, 3.05) is 33.4 Å². The van der Waals surface area contributed by atoms with Crippen LogP contribution in [0.3, 0.4) is 0 Å². The first-order valence-corrected chi connectivity index (χ1v) is 10.6. The van der Waals surface area contributed by atoms with E-state index in [0.29, 0.717) is 30.7 Å². The zero-order valence-electron chi connectivity index (χ0n) is 18.1. The van der Waals surface area contributed by atoms with E-state index in [2.05, 4.69) is 4.98 Å². The Labute approximate surface area is 192 Å². The number of pyridine rings is 1. The Morgan fingerprint density at radius 1 is 1.25 bits per heavy atom. The molecule has 0 radical (unpaired) electrons. The lowest BCUT2D eigenvalue weighted by molar-refractivity contribution is -0.433. The van der Waals surface area contributed by atoms with E-state index in [9.17, 15) is 14.9 Å². The zero-order valence-corrected chi connectivity index (χ0v) is 18.9. The number of hydrogen-bond acceptors (Lipinski definition) is 8. The van der Waals surface area contributed by atoms with Gasteiger partial charge in [0.05, 0.1) is 24.7 Å². The molecule has 0 saturated carbocycles. The lowest BCUT2D eigenvalue weighted by Gasteiger charge is -2.39. The van der Waals surface area contributed by atoms with E-state index in [-0.39, 0.29) is 30.3 Å². The number of ether oxygens (including phenoxy) is 1. The summed E-state index contributed by atoms with van der Waals surface area (Å²) in [5.41, 5.74) is 1.82. The largest absolute Gasteiger partial charge is 0.460 e. The van der Waals surface area contributed by atoms with Crippen LogP contribution in [-0.4, -0.2) is 63.9 Å². The molecule has 0 bridgehead atoms. The molecule has 32 heavy (non-hydrogen) atoms. The lowest BCUT2D eigenvalue weighted by Crippen LogP contribution is -2.49. The molecular formula is C22H26ClN5O4. The Morgan fingerprint density at radius 3 is 2.62 bits per heavy atom. The van der Waals surface area contributed by atoms with Crippen LogP contribution in [0, 0.1) is 10.1 Å². The van der Waals surface area contributed by atoms with Gasteiger partial charge in [-0.3, -0.25) is 19.8 Å². The average molecular weight is 460 g/mol. The molecule has 0 N–H and O–H groups in total. The lowest BCUT2D eigenvalue weighted by atomic mass is 10.2. The fourth-order valence-electron chi connectivity index (χ4n) is 3.61. The van der Waals surface area contributed by atoms with Crippen LogP contribution in [0.15, 0.2) is 60.2 Å². The minimum Gasteiger partial charge on any atom is -0.460 e. The van der Waals surface area contributed by atoms with Crippen molar-refractivity contribution in [3.8, 4) is 0 Å². The highest BCUT2D eigenvalue weighted by atomic mass is 35.5. The van der Waals surface area contributed by atoms with E-state index in [1.165, 1.54) is 0 Å². The van der Waals surface area contributed by atoms with Gasteiger partial charge in [0.2, 0.25) is 0 Å². The summed E-state index contributed by atoms with van der Waals surface area (Å²) in [7, 11) is 1.78. The predicted molar refractivity (Wildman–Crippen MR) is 120 cm³/mol. The van der Waals surface area contributed by atoms with Gasteiger partial charge in [0.25, 0.3) is 5.70 Å². The highest BCUT2D eigenvalue weighted by Gasteiger charge is 2.34. The highest BCUT2D eigenvalue weighted by molar-refractivity contribution is 6.29. The number of hydrogen-bond donors (Lipinski definition) is 0. The minimum absolute atomic E-state index is 0.0327. The Hall–Kier alpha value is -3.17. The SMILES string of the molecule is CCN(Cc1ccc(Cl)nc1)C1=C([N+](=O)[O-])CN(CC(=O)OCc2ccccc2)CN1C. The first-order chi connectivity index (χ1) is 15.4. The van der Waals surface area contributed by atoms with Gasteiger partial charge in [-0.2, -0.15) is 0 Å². The molecule has 0 fully saturated rings. The maximum atomic E-state index is 12.3. The van der Waals surface area contributed by atoms with Gasteiger partial charge in [-0.05, 0) is 24.1 Å². The van der Waals surface area contributed by atoms with Crippen molar-refractivity contribution >= 4 is 17.6 Å². The molecule has 9 nitrogen and oxygen atoms in total. The molecule has 0 amide bonds. The fraction of sp³-hybridized carbons (Fsp3) is 0.364. The molecule has 0 aliphatic carbocycles. The summed E-state index contributed by atoms with van der Waals surface area (Å²) in [6.07, 6.45) is 1.66. The second-order valence-electron chi connectivity index (χ2n) is 7.50. The quantitative estimate of drug-likeness (QED) is 0.244. The van der Waals surface area contributed by atoms with Crippen molar-refractivity contribution in [1.29, 1.82) is 0 Å². The standard InChI is InChI=1S/C22H26ClN5O4/c1-3-27(12-18-9-10-20(23)24-11-18)22-19(28(30)31)13-26(16-25(22)2)14-21(29)32-15-17-7-5-4-6-8-17/h4-11H,3,12-16H2,1-2H3. The number of esters is 1. The third-order valence-corrected chi connectivity index (χ3v) is 5.29. The summed E-state index contributed by atoms with van der Waals surface area (Å²) in [4.78, 5) is 33.3. The summed E-state index contributed by atoms with van der Waals surface area (Å²) >= 11 is 5.86. The van der Waals surface area contributed by atoms with Crippen molar-refractivity contribution in [3.63, 3.8) is 0 Å². The van der Waals surface area contributed by atoms with Crippen LogP contribution in [0.2, 0.25) is 5.15 Å². The number of rotatable bonds is 9. The summed E-state index contributed by atoms with van der Waals surface area (Å²) < 4.78 is 5.33. The number of aromatic nitrogens is 1. The van der Waals surface area contributed by atoms with E-state index >= 15 is 0 Å². The zero-order chi connectivity index (χ0) is 23.1. The van der Waals surface area contributed by atoms with Crippen LogP contribution in [0.25, 0.3) is 0 Å². The van der Waals surface area contributed by atoms with Gasteiger partial charge < -0.3 is 14.5 Å². The third kappa shape index (κ3) is 6.18. The Bertz CT molecular complexity index is 968. The first-order valence-electron chi connectivity index (χ1n) is 10.2. The smallest absolute Gasteiger partial charge is 0.320 e. The van der Waals surface area contributed by atoms with Crippen molar-refractivity contribution in [2.24, 2.45) is 0 Å². The molecule has 1 aromatic heterocycles.